The van der Waals surface area contributed by atoms with Gasteiger partial charge in [-0.15, -0.1) is 0 Å². The lowest BCUT2D eigenvalue weighted by molar-refractivity contribution is 0.420. The second kappa shape index (κ2) is 9.04. The molecule has 0 saturated heterocycles. The molecule has 1 N–H and O–H groups in total. The molecule has 0 saturated carbocycles. The van der Waals surface area contributed by atoms with Crippen LogP contribution in [0.2, 0.25) is 0 Å². The molecule has 8 nitrogen and oxygen atoms in total. The van der Waals surface area contributed by atoms with Gasteiger partial charge in [-0.1, -0.05) is 19.1 Å². The summed E-state index contributed by atoms with van der Waals surface area (Å²) in [5.74, 6) is -0.283. The molecular weight excluding hydrogens is 440 g/mol. The summed E-state index contributed by atoms with van der Waals surface area (Å²) in [7, 11) is -8.67. The van der Waals surface area contributed by atoms with Crippen LogP contribution in [0.15, 0.2) is 76.8 Å². The van der Waals surface area contributed by atoms with E-state index in [0.29, 0.717) is 11.1 Å². The standard InChI is InChI=1S/C21H22N2O6S2/c1-3-23(15-17-8-10-22-11-9-17)30(25,26)20-6-4-5-7-21(20)31(27,28)29-19-13-16(2)12-18(24)14-19/h4-14,24H,3,15H2,1-2H3. The van der Waals surface area contributed by atoms with Crippen molar-refractivity contribution in [2.75, 3.05) is 6.54 Å². The van der Waals surface area contributed by atoms with Crippen LogP contribution >= 0.6 is 0 Å². The lowest BCUT2D eigenvalue weighted by atomic mass is 10.2. The fourth-order valence-corrected chi connectivity index (χ4v) is 6.15. The van der Waals surface area contributed by atoms with Crippen LogP contribution in [-0.2, 0) is 26.7 Å². The van der Waals surface area contributed by atoms with Gasteiger partial charge in [0.1, 0.15) is 21.3 Å². The molecule has 0 bridgehead atoms. The number of aromatic nitrogens is 1. The van der Waals surface area contributed by atoms with Gasteiger partial charge in [0.2, 0.25) is 10.0 Å². The highest BCUT2D eigenvalue weighted by Gasteiger charge is 2.32. The Morgan fingerprint density at radius 1 is 0.968 bits per heavy atom. The first-order valence-corrected chi connectivity index (χ1v) is 12.2. The van der Waals surface area contributed by atoms with Crippen molar-refractivity contribution < 1.29 is 26.1 Å². The van der Waals surface area contributed by atoms with Gasteiger partial charge in [-0.3, -0.25) is 4.98 Å². The van der Waals surface area contributed by atoms with Gasteiger partial charge in [-0.25, -0.2) is 8.42 Å². The summed E-state index contributed by atoms with van der Waals surface area (Å²) in [5.41, 5.74) is 1.30. The van der Waals surface area contributed by atoms with E-state index >= 15 is 0 Å². The third-order valence-corrected chi connectivity index (χ3v) is 7.85. The van der Waals surface area contributed by atoms with Gasteiger partial charge in [0, 0.05) is 31.5 Å². The first-order valence-electron chi connectivity index (χ1n) is 9.36. The van der Waals surface area contributed by atoms with Crippen LogP contribution in [0, 0.1) is 6.92 Å². The molecule has 3 aromatic rings. The van der Waals surface area contributed by atoms with Crippen molar-refractivity contribution in [2.24, 2.45) is 0 Å². The molecule has 2 aromatic carbocycles. The van der Waals surface area contributed by atoms with Gasteiger partial charge in [-0.05, 0) is 54.4 Å². The van der Waals surface area contributed by atoms with Crippen LogP contribution in [0.1, 0.15) is 18.1 Å². The number of phenols is 1. The summed E-state index contributed by atoms with van der Waals surface area (Å²) in [6, 6.07) is 12.7. The van der Waals surface area contributed by atoms with Crippen molar-refractivity contribution in [1.29, 1.82) is 0 Å². The minimum Gasteiger partial charge on any atom is -0.508 e. The predicted molar refractivity (Wildman–Crippen MR) is 115 cm³/mol. The quantitative estimate of drug-likeness (QED) is 0.512. The molecule has 31 heavy (non-hydrogen) atoms. The first kappa shape index (κ1) is 22.7. The molecule has 0 fully saturated rings. The van der Waals surface area contributed by atoms with Gasteiger partial charge in [0.25, 0.3) is 0 Å². The number of hydrogen-bond acceptors (Lipinski definition) is 7. The van der Waals surface area contributed by atoms with Crippen LogP contribution in [-0.4, -0.2) is 37.8 Å². The number of aromatic hydroxyl groups is 1. The maximum Gasteiger partial charge on any atom is 0.340 e. The number of rotatable bonds is 8. The lowest BCUT2D eigenvalue weighted by Crippen LogP contribution is -2.31. The van der Waals surface area contributed by atoms with E-state index in [2.05, 4.69) is 4.98 Å². The number of aryl methyl sites for hydroxylation is 1. The maximum atomic E-state index is 13.3. The Hall–Kier alpha value is -2.95. The highest BCUT2D eigenvalue weighted by molar-refractivity contribution is 7.91. The molecule has 164 valence electrons. The summed E-state index contributed by atoms with van der Waals surface area (Å²) < 4.78 is 58.9. The summed E-state index contributed by atoms with van der Waals surface area (Å²) in [6.07, 6.45) is 3.11. The van der Waals surface area contributed by atoms with Gasteiger partial charge < -0.3 is 9.29 Å². The molecule has 0 unspecified atom stereocenters. The number of sulfonamides is 1. The number of nitrogens with zero attached hydrogens (tertiary/aromatic N) is 2. The van der Waals surface area contributed by atoms with Gasteiger partial charge in [-0.2, -0.15) is 12.7 Å². The molecule has 0 atom stereocenters. The highest BCUT2D eigenvalue weighted by atomic mass is 32.2. The van der Waals surface area contributed by atoms with Crippen LogP contribution in [0.4, 0.5) is 0 Å². The van der Waals surface area contributed by atoms with Crippen molar-refractivity contribution in [3.8, 4) is 11.5 Å². The normalized spacial score (nSPS) is 12.1. The summed E-state index contributed by atoms with van der Waals surface area (Å²) in [4.78, 5) is 3.05. The van der Waals surface area contributed by atoms with E-state index in [4.69, 9.17) is 4.18 Å². The fourth-order valence-electron chi connectivity index (χ4n) is 3.02. The van der Waals surface area contributed by atoms with Gasteiger partial charge in [0.15, 0.2) is 0 Å². The van der Waals surface area contributed by atoms with E-state index < -0.39 is 25.0 Å². The molecule has 0 aliphatic carbocycles. The Kier molecular flexibility index (Phi) is 6.63. The van der Waals surface area contributed by atoms with Gasteiger partial charge >= 0.3 is 10.1 Å². The van der Waals surface area contributed by atoms with Crippen LogP contribution in [0.5, 0.6) is 11.5 Å². The SMILES string of the molecule is CCN(Cc1ccncc1)S(=O)(=O)c1ccccc1S(=O)(=O)Oc1cc(C)cc(O)c1. The number of hydrogen-bond donors (Lipinski definition) is 1. The van der Waals surface area contributed by atoms with E-state index in [1.54, 1.807) is 38.4 Å². The van der Waals surface area contributed by atoms with Crippen molar-refractivity contribution in [3.63, 3.8) is 0 Å². The lowest BCUT2D eigenvalue weighted by Gasteiger charge is -2.22. The zero-order chi connectivity index (χ0) is 22.6. The predicted octanol–water partition coefficient (Wildman–Crippen LogP) is 3.07. The first-order chi connectivity index (χ1) is 14.6. The molecule has 0 aliphatic rings. The highest BCUT2D eigenvalue weighted by Crippen LogP contribution is 2.29. The van der Waals surface area contributed by atoms with E-state index in [1.807, 2.05) is 0 Å². The Labute approximate surface area is 181 Å². The number of benzene rings is 2. The molecule has 0 aliphatic heterocycles. The topological polar surface area (TPSA) is 114 Å². The van der Waals surface area contributed by atoms with E-state index in [-0.39, 0.29) is 29.5 Å². The average molecular weight is 463 g/mol. The maximum absolute atomic E-state index is 13.3. The average Bonchev–Trinajstić information content (AvgIpc) is 2.71. The Morgan fingerprint density at radius 2 is 1.61 bits per heavy atom. The zero-order valence-electron chi connectivity index (χ0n) is 17.0. The number of phenolic OH excluding ortho intramolecular Hbond substituents is 1. The summed E-state index contributed by atoms with van der Waals surface area (Å²) in [6.45, 7) is 3.52. The van der Waals surface area contributed by atoms with Crippen LogP contribution in [0.25, 0.3) is 0 Å². The third-order valence-electron chi connectivity index (χ3n) is 4.44. The molecular formula is C21H22N2O6S2. The zero-order valence-corrected chi connectivity index (χ0v) is 18.6. The minimum absolute atomic E-state index is 0.0579. The molecule has 10 heteroatoms. The van der Waals surface area contributed by atoms with Gasteiger partial charge in [0.05, 0.1) is 0 Å². The molecule has 0 amide bonds. The Morgan fingerprint density at radius 3 is 2.23 bits per heavy atom. The van der Waals surface area contributed by atoms with E-state index in [9.17, 15) is 21.9 Å². The monoisotopic (exact) mass is 462 g/mol. The fraction of sp³-hybridized carbons (Fsp3) is 0.190. The molecule has 1 aromatic heterocycles. The van der Waals surface area contributed by atoms with Crippen molar-refractivity contribution >= 4 is 20.1 Å². The smallest absolute Gasteiger partial charge is 0.340 e. The molecule has 3 rings (SSSR count). The van der Waals surface area contributed by atoms with Crippen molar-refractivity contribution in [3.05, 3.63) is 78.1 Å². The Balaban J connectivity index is 2.01. The molecule has 0 spiro atoms. The van der Waals surface area contributed by atoms with E-state index in [1.165, 1.54) is 40.7 Å². The second-order valence-electron chi connectivity index (χ2n) is 6.78. The van der Waals surface area contributed by atoms with Crippen molar-refractivity contribution in [1.82, 2.24) is 9.29 Å². The summed E-state index contributed by atoms with van der Waals surface area (Å²) in [5, 5.41) is 9.71. The second-order valence-corrected chi connectivity index (χ2v) is 10.2. The summed E-state index contributed by atoms with van der Waals surface area (Å²) >= 11 is 0. The molecule has 1 heterocycles. The largest absolute Gasteiger partial charge is 0.508 e. The minimum atomic E-state index is -4.50. The van der Waals surface area contributed by atoms with Crippen molar-refractivity contribution in [2.45, 2.75) is 30.2 Å². The Bertz CT molecular complexity index is 1260. The van der Waals surface area contributed by atoms with E-state index in [0.717, 1.165) is 6.07 Å². The molecule has 0 radical (unpaired) electrons. The van der Waals surface area contributed by atoms with Crippen LogP contribution in [0.3, 0.4) is 0 Å². The van der Waals surface area contributed by atoms with Crippen LogP contribution < -0.4 is 4.18 Å². The number of pyridine rings is 1. The third kappa shape index (κ3) is 5.22.